The molecule has 4 nitrogen and oxygen atoms in total. The Morgan fingerprint density at radius 1 is 1.64 bits per heavy atom. The van der Waals surface area contributed by atoms with Gasteiger partial charge in [-0.05, 0) is 26.1 Å². The number of hydrogen-bond donors (Lipinski definition) is 0. The quantitative estimate of drug-likeness (QED) is 0.412. The molecule has 2 heterocycles. The number of ether oxygens (including phenoxy) is 1. The van der Waals surface area contributed by atoms with E-state index in [1.807, 2.05) is 7.85 Å². The van der Waals surface area contributed by atoms with E-state index in [-0.39, 0.29) is 17.9 Å². The standard InChI is InChI=1S/C9H14BNO3/c1-9(5-10)8(13)11-4-2-3-6(11)7(12)14-9/h6H,2-5,10H2,1H3/t6-,9+/m1/s1. The molecule has 76 valence electrons. The summed E-state index contributed by atoms with van der Waals surface area (Å²) in [5.74, 6) is -0.256. The lowest BCUT2D eigenvalue weighted by Gasteiger charge is -2.39. The molecular weight excluding hydrogens is 181 g/mol. The second-order valence-corrected chi connectivity index (χ2v) is 4.16. The molecule has 1 amide bonds. The molecule has 2 aliphatic heterocycles. The number of cyclic esters (lactones) is 1. The Bertz CT molecular complexity index is 294. The predicted octanol–water partition coefficient (Wildman–Crippen LogP) is -0.656. The van der Waals surface area contributed by atoms with Crippen LogP contribution in [0, 0.1) is 0 Å². The average Bonchev–Trinajstić information content (AvgIpc) is 2.63. The molecule has 2 saturated heterocycles. The highest BCUT2D eigenvalue weighted by atomic mass is 16.6. The molecule has 2 rings (SSSR count). The zero-order valence-electron chi connectivity index (χ0n) is 8.58. The van der Waals surface area contributed by atoms with E-state index in [0.29, 0.717) is 12.9 Å². The number of amides is 1. The van der Waals surface area contributed by atoms with Gasteiger partial charge in [-0.15, -0.1) is 0 Å². The van der Waals surface area contributed by atoms with Crippen molar-refractivity contribution in [2.75, 3.05) is 6.54 Å². The molecule has 2 aliphatic rings. The largest absolute Gasteiger partial charge is 0.448 e. The first-order valence-electron chi connectivity index (χ1n) is 5.12. The Kier molecular flexibility index (Phi) is 2.05. The Hall–Kier alpha value is -0.995. The third kappa shape index (κ3) is 1.15. The third-order valence-electron chi connectivity index (χ3n) is 3.24. The lowest BCUT2D eigenvalue weighted by Crippen LogP contribution is -2.59. The molecule has 0 aliphatic carbocycles. The van der Waals surface area contributed by atoms with Crippen LogP contribution in [0.2, 0.25) is 6.32 Å². The van der Waals surface area contributed by atoms with Crippen molar-refractivity contribution in [1.82, 2.24) is 4.90 Å². The zero-order valence-corrected chi connectivity index (χ0v) is 8.58. The first-order valence-corrected chi connectivity index (χ1v) is 5.12. The number of nitrogens with zero attached hydrogens (tertiary/aromatic N) is 1. The van der Waals surface area contributed by atoms with Gasteiger partial charge in [0.1, 0.15) is 13.9 Å². The van der Waals surface area contributed by atoms with Crippen LogP contribution in [0.4, 0.5) is 0 Å². The van der Waals surface area contributed by atoms with E-state index in [1.165, 1.54) is 0 Å². The van der Waals surface area contributed by atoms with Crippen LogP contribution in [-0.4, -0.2) is 42.8 Å². The number of esters is 1. The fraction of sp³-hybridized carbons (Fsp3) is 0.778. The average molecular weight is 195 g/mol. The summed E-state index contributed by atoms with van der Waals surface area (Å²) in [6.45, 7) is 2.40. The van der Waals surface area contributed by atoms with E-state index >= 15 is 0 Å². The molecule has 0 aromatic carbocycles. The normalized spacial score (nSPS) is 36.9. The number of rotatable bonds is 1. The van der Waals surface area contributed by atoms with Crippen LogP contribution in [0.25, 0.3) is 0 Å². The van der Waals surface area contributed by atoms with Crippen LogP contribution in [-0.2, 0) is 14.3 Å². The van der Waals surface area contributed by atoms with Crippen LogP contribution < -0.4 is 0 Å². The molecule has 0 spiro atoms. The van der Waals surface area contributed by atoms with Crippen molar-refractivity contribution in [3.05, 3.63) is 0 Å². The number of carbonyl (C=O) groups is 2. The van der Waals surface area contributed by atoms with Crippen molar-refractivity contribution < 1.29 is 14.3 Å². The molecule has 0 aromatic rings. The van der Waals surface area contributed by atoms with Crippen molar-refractivity contribution in [2.45, 2.75) is 37.7 Å². The third-order valence-corrected chi connectivity index (χ3v) is 3.24. The number of fused-ring (bicyclic) bond motifs is 1. The van der Waals surface area contributed by atoms with Crippen LogP contribution >= 0.6 is 0 Å². The number of carbonyl (C=O) groups excluding carboxylic acids is 2. The smallest absolute Gasteiger partial charge is 0.329 e. The van der Waals surface area contributed by atoms with Gasteiger partial charge in [-0.3, -0.25) is 4.79 Å². The molecule has 0 bridgehead atoms. The van der Waals surface area contributed by atoms with E-state index in [2.05, 4.69) is 0 Å². The fourth-order valence-corrected chi connectivity index (χ4v) is 2.12. The predicted molar refractivity (Wildman–Crippen MR) is 52.6 cm³/mol. The Morgan fingerprint density at radius 3 is 3.00 bits per heavy atom. The summed E-state index contributed by atoms with van der Waals surface area (Å²) in [6.07, 6.45) is 2.20. The molecule has 0 saturated carbocycles. The highest BCUT2D eigenvalue weighted by molar-refractivity contribution is 6.13. The van der Waals surface area contributed by atoms with E-state index in [9.17, 15) is 9.59 Å². The minimum Gasteiger partial charge on any atom is -0.448 e. The van der Waals surface area contributed by atoms with Gasteiger partial charge < -0.3 is 9.64 Å². The van der Waals surface area contributed by atoms with E-state index in [1.54, 1.807) is 11.8 Å². The summed E-state index contributed by atoms with van der Waals surface area (Å²) in [5.41, 5.74) is -0.919. The first-order chi connectivity index (χ1) is 6.58. The van der Waals surface area contributed by atoms with Gasteiger partial charge in [-0.1, -0.05) is 0 Å². The van der Waals surface area contributed by atoms with Gasteiger partial charge >= 0.3 is 5.97 Å². The van der Waals surface area contributed by atoms with Gasteiger partial charge in [0.25, 0.3) is 5.91 Å². The Balaban J connectivity index is 2.29. The maximum Gasteiger partial charge on any atom is 0.329 e. The van der Waals surface area contributed by atoms with Crippen molar-refractivity contribution in [1.29, 1.82) is 0 Å². The van der Waals surface area contributed by atoms with Crippen molar-refractivity contribution in [2.24, 2.45) is 0 Å². The number of hydrogen-bond acceptors (Lipinski definition) is 3. The molecule has 0 unspecified atom stereocenters. The lowest BCUT2D eigenvalue weighted by molar-refractivity contribution is -0.186. The molecule has 14 heavy (non-hydrogen) atoms. The van der Waals surface area contributed by atoms with Gasteiger partial charge in [0.15, 0.2) is 5.60 Å². The second kappa shape index (κ2) is 3.00. The molecular formula is C9H14BNO3. The monoisotopic (exact) mass is 195 g/mol. The minimum atomic E-state index is -0.919. The molecule has 0 N–H and O–H groups in total. The zero-order chi connectivity index (χ0) is 10.3. The fourth-order valence-electron chi connectivity index (χ4n) is 2.12. The molecule has 2 fully saturated rings. The van der Waals surface area contributed by atoms with Gasteiger partial charge in [-0.25, -0.2) is 4.79 Å². The van der Waals surface area contributed by atoms with Gasteiger partial charge in [0.2, 0.25) is 0 Å². The van der Waals surface area contributed by atoms with Gasteiger partial charge in [-0.2, -0.15) is 0 Å². The molecule has 0 radical (unpaired) electrons. The summed E-state index contributed by atoms with van der Waals surface area (Å²) in [6, 6.07) is -0.304. The summed E-state index contributed by atoms with van der Waals surface area (Å²) < 4.78 is 5.22. The van der Waals surface area contributed by atoms with Gasteiger partial charge in [0.05, 0.1) is 0 Å². The van der Waals surface area contributed by atoms with Crippen LogP contribution in [0.1, 0.15) is 19.8 Å². The summed E-state index contributed by atoms with van der Waals surface area (Å²) in [5, 5.41) is 0. The van der Waals surface area contributed by atoms with E-state index in [4.69, 9.17) is 4.74 Å². The van der Waals surface area contributed by atoms with Crippen molar-refractivity contribution >= 4 is 19.7 Å². The Morgan fingerprint density at radius 2 is 2.36 bits per heavy atom. The molecule has 0 aromatic heterocycles. The summed E-state index contributed by atoms with van der Waals surface area (Å²) in [7, 11) is 1.86. The first kappa shape index (κ1) is 9.56. The van der Waals surface area contributed by atoms with Crippen LogP contribution in [0.5, 0.6) is 0 Å². The van der Waals surface area contributed by atoms with Gasteiger partial charge in [0, 0.05) is 6.54 Å². The summed E-state index contributed by atoms with van der Waals surface area (Å²) in [4.78, 5) is 25.2. The van der Waals surface area contributed by atoms with Crippen LogP contribution in [0.15, 0.2) is 0 Å². The topological polar surface area (TPSA) is 46.6 Å². The Labute approximate surface area is 84.0 Å². The van der Waals surface area contributed by atoms with Crippen molar-refractivity contribution in [3.8, 4) is 0 Å². The SMILES string of the molecule is BC[C@]1(C)OC(=O)[C@H]2CCCN2C1=O. The molecule has 5 heteroatoms. The van der Waals surface area contributed by atoms with E-state index in [0.717, 1.165) is 12.8 Å². The maximum atomic E-state index is 12.0. The number of morpholine rings is 1. The maximum absolute atomic E-state index is 12.0. The van der Waals surface area contributed by atoms with E-state index < -0.39 is 5.60 Å². The summed E-state index contributed by atoms with van der Waals surface area (Å²) >= 11 is 0. The molecule has 2 atom stereocenters. The highest BCUT2D eigenvalue weighted by Crippen LogP contribution is 2.31. The lowest BCUT2D eigenvalue weighted by atomic mass is 9.85. The highest BCUT2D eigenvalue weighted by Gasteiger charge is 2.50. The second-order valence-electron chi connectivity index (χ2n) is 4.16. The minimum absolute atomic E-state index is 0.0258. The van der Waals surface area contributed by atoms with Crippen molar-refractivity contribution in [3.63, 3.8) is 0 Å². The van der Waals surface area contributed by atoms with Crippen LogP contribution in [0.3, 0.4) is 0 Å².